The highest BCUT2D eigenvalue weighted by atomic mass is 32.1. The molecule has 5 heterocycles. The zero-order chi connectivity index (χ0) is 33.7. The first-order chi connectivity index (χ1) is 22.3. The van der Waals surface area contributed by atoms with Crippen LogP contribution in [-0.2, 0) is 19.8 Å². The SMILES string of the molecule is N#C[C@@H]1CN(C(=O)[C@@H]2CC[C@@H]3CCCC[C@H](NC(=O)c4cc5cc(C(F)(F)P(=O)(O)O)ccc5s4)C(=O)N32)C[C@H]1c1cc[nH]c(=O)c1. The van der Waals surface area contributed by atoms with Gasteiger partial charge in [0, 0.05) is 47.6 Å². The number of likely N-dealkylation sites (tertiary alicyclic amines) is 1. The number of fused-ring (bicyclic) bond motifs is 2. The van der Waals surface area contributed by atoms with Crippen molar-refractivity contribution in [2.45, 2.75) is 68.2 Å². The number of halogens is 2. The van der Waals surface area contributed by atoms with E-state index in [1.165, 1.54) is 24.4 Å². The van der Waals surface area contributed by atoms with Gasteiger partial charge in [-0.15, -0.1) is 11.3 Å². The molecular formula is C31H32F2N5O7PS. The van der Waals surface area contributed by atoms with Crippen molar-refractivity contribution in [1.82, 2.24) is 20.1 Å². The first-order valence-corrected chi connectivity index (χ1v) is 17.7. The predicted molar refractivity (Wildman–Crippen MR) is 167 cm³/mol. The number of nitrogens with one attached hydrogen (secondary N) is 2. The van der Waals surface area contributed by atoms with Gasteiger partial charge in [0.2, 0.25) is 17.4 Å². The molecule has 0 saturated carbocycles. The molecular weight excluding hydrogens is 655 g/mol. The Labute approximate surface area is 271 Å². The standard InChI is InChI=1S/C31H32F2N5O7PS/c32-31(33,46(43,44)45)20-5-8-25-18(11-20)12-26(47-25)28(40)36-23-4-2-1-3-21-6-7-24(38(21)29(23)41)30(42)37-15-19(14-34)22(16-37)17-9-10-35-27(39)13-17/h5,8-13,19,21-24H,1-4,6-7,15-16H2,(H,35,39)(H,36,40)(H2,43,44,45)/t19-,21+,22+,23+,24+/m1/s1. The van der Waals surface area contributed by atoms with Gasteiger partial charge in [-0.2, -0.15) is 14.0 Å². The minimum absolute atomic E-state index is 0.127. The summed E-state index contributed by atoms with van der Waals surface area (Å²) in [7, 11) is -5.78. The molecule has 5 atom stereocenters. The van der Waals surface area contributed by atoms with E-state index in [0.717, 1.165) is 29.9 Å². The fourth-order valence-corrected chi connectivity index (χ4v) is 8.42. The summed E-state index contributed by atoms with van der Waals surface area (Å²) in [5.74, 6) is -2.13. The second-order valence-electron chi connectivity index (χ2n) is 12.3. The molecule has 3 fully saturated rings. The van der Waals surface area contributed by atoms with Crippen LogP contribution in [-0.4, -0.2) is 73.5 Å². The Bertz CT molecular complexity index is 1890. The fourth-order valence-electron chi connectivity index (χ4n) is 7.00. The summed E-state index contributed by atoms with van der Waals surface area (Å²) in [6.45, 7) is 0.404. The van der Waals surface area contributed by atoms with Gasteiger partial charge >= 0.3 is 13.3 Å². The number of nitriles is 1. The number of nitrogens with zero attached hydrogens (tertiary/aromatic N) is 3. The Balaban J connectivity index is 1.19. The minimum atomic E-state index is -5.78. The summed E-state index contributed by atoms with van der Waals surface area (Å²) < 4.78 is 40.4. The molecule has 2 aromatic heterocycles. The number of amides is 3. The van der Waals surface area contributed by atoms with Gasteiger partial charge in [0.25, 0.3) is 5.91 Å². The maximum absolute atomic E-state index is 14.3. The average Bonchev–Trinajstić information content (AvgIpc) is 3.76. The molecule has 3 aliphatic heterocycles. The number of H-pyrrole nitrogens is 1. The molecule has 6 rings (SSSR count). The van der Waals surface area contributed by atoms with Crippen molar-refractivity contribution in [3.05, 3.63) is 69.0 Å². The molecule has 0 unspecified atom stereocenters. The molecule has 3 aromatic rings. The molecule has 3 aliphatic rings. The highest BCUT2D eigenvalue weighted by Crippen LogP contribution is 2.59. The Morgan fingerprint density at radius 3 is 2.55 bits per heavy atom. The molecule has 4 N–H and O–H groups in total. The number of carbonyl (C=O) groups excluding carboxylic acids is 3. The number of carbonyl (C=O) groups is 3. The van der Waals surface area contributed by atoms with Gasteiger partial charge in [-0.05, 0) is 60.9 Å². The van der Waals surface area contributed by atoms with Crippen molar-refractivity contribution in [1.29, 1.82) is 5.26 Å². The summed E-state index contributed by atoms with van der Waals surface area (Å²) in [5, 5.41) is 12.8. The summed E-state index contributed by atoms with van der Waals surface area (Å²) in [6.07, 6.45) is 5.07. The Morgan fingerprint density at radius 2 is 1.83 bits per heavy atom. The van der Waals surface area contributed by atoms with E-state index < -0.39 is 42.7 Å². The summed E-state index contributed by atoms with van der Waals surface area (Å²) >= 11 is 0.990. The predicted octanol–water partition coefficient (Wildman–Crippen LogP) is 3.61. The normalized spacial score (nSPS) is 25.3. The van der Waals surface area contributed by atoms with E-state index in [2.05, 4.69) is 16.4 Å². The summed E-state index contributed by atoms with van der Waals surface area (Å²) in [6, 6.07) is 7.95. The second kappa shape index (κ2) is 12.6. The third-order valence-corrected chi connectivity index (χ3v) is 11.5. The largest absolute Gasteiger partial charge is 0.399 e. The van der Waals surface area contributed by atoms with Crippen molar-refractivity contribution >= 4 is 46.7 Å². The van der Waals surface area contributed by atoms with Crippen molar-refractivity contribution in [3.63, 3.8) is 0 Å². The van der Waals surface area contributed by atoms with E-state index in [1.54, 1.807) is 15.9 Å². The third kappa shape index (κ3) is 6.23. The van der Waals surface area contributed by atoms with Crippen LogP contribution in [0.25, 0.3) is 10.1 Å². The lowest BCUT2D eigenvalue weighted by atomic mass is 9.91. The lowest BCUT2D eigenvalue weighted by Gasteiger charge is -2.36. The van der Waals surface area contributed by atoms with E-state index in [1.807, 2.05) is 0 Å². The Kier molecular flexibility index (Phi) is 8.82. The lowest BCUT2D eigenvalue weighted by Crippen LogP contribution is -2.56. The van der Waals surface area contributed by atoms with Crippen LogP contribution in [0.4, 0.5) is 8.78 Å². The van der Waals surface area contributed by atoms with Gasteiger partial charge in [-0.1, -0.05) is 18.9 Å². The van der Waals surface area contributed by atoms with Gasteiger partial charge < -0.3 is 29.9 Å². The molecule has 248 valence electrons. The Hall–Kier alpha value is -3.96. The van der Waals surface area contributed by atoms with Crippen molar-refractivity contribution in [2.24, 2.45) is 5.92 Å². The van der Waals surface area contributed by atoms with Gasteiger partial charge in [0.05, 0.1) is 16.9 Å². The maximum atomic E-state index is 14.3. The highest BCUT2D eigenvalue weighted by molar-refractivity contribution is 7.52. The molecule has 47 heavy (non-hydrogen) atoms. The van der Waals surface area contributed by atoms with Crippen LogP contribution < -0.4 is 10.9 Å². The van der Waals surface area contributed by atoms with Crippen molar-refractivity contribution in [3.8, 4) is 6.07 Å². The first kappa shape index (κ1) is 33.0. The number of hydrogen-bond acceptors (Lipinski definition) is 7. The molecule has 3 saturated heterocycles. The summed E-state index contributed by atoms with van der Waals surface area (Å²) in [5.41, 5.74) is -4.91. The smallest absolute Gasteiger partial charge is 0.340 e. The van der Waals surface area contributed by atoms with Crippen LogP contribution in [0.3, 0.4) is 0 Å². The third-order valence-electron chi connectivity index (χ3n) is 9.40. The number of benzene rings is 1. The number of rotatable bonds is 6. The number of pyridine rings is 1. The minimum Gasteiger partial charge on any atom is -0.340 e. The van der Waals surface area contributed by atoms with Crippen LogP contribution in [0.15, 0.2) is 47.4 Å². The van der Waals surface area contributed by atoms with E-state index in [4.69, 9.17) is 9.79 Å². The zero-order valence-electron chi connectivity index (χ0n) is 25.0. The van der Waals surface area contributed by atoms with Crippen LogP contribution >= 0.6 is 18.9 Å². The average molecular weight is 688 g/mol. The highest BCUT2D eigenvalue weighted by Gasteiger charge is 2.51. The molecule has 1 aromatic carbocycles. The van der Waals surface area contributed by atoms with Crippen LogP contribution in [0, 0.1) is 17.2 Å². The molecule has 0 spiro atoms. The quantitative estimate of drug-likeness (QED) is 0.283. The van der Waals surface area contributed by atoms with E-state index in [9.17, 15) is 37.8 Å². The van der Waals surface area contributed by atoms with Crippen molar-refractivity contribution in [2.75, 3.05) is 13.1 Å². The first-order valence-electron chi connectivity index (χ1n) is 15.3. The monoisotopic (exact) mass is 687 g/mol. The number of alkyl halides is 2. The molecule has 0 aliphatic carbocycles. The molecule has 16 heteroatoms. The second-order valence-corrected chi connectivity index (χ2v) is 15.1. The van der Waals surface area contributed by atoms with Gasteiger partial charge in [0.1, 0.15) is 12.1 Å². The zero-order valence-corrected chi connectivity index (χ0v) is 26.7. The van der Waals surface area contributed by atoms with Crippen LogP contribution in [0.5, 0.6) is 0 Å². The van der Waals surface area contributed by atoms with E-state index in [-0.39, 0.29) is 52.7 Å². The fraction of sp³-hybridized carbons (Fsp3) is 0.452. The van der Waals surface area contributed by atoms with Gasteiger partial charge in [-0.25, -0.2) is 0 Å². The lowest BCUT2D eigenvalue weighted by molar-refractivity contribution is -0.146. The number of aromatic amines is 1. The molecule has 3 amide bonds. The van der Waals surface area contributed by atoms with E-state index in [0.29, 0.717) is 42.4 Å². The van der Waals surface area contributed by atoms with Crippen molar-refractivity contribution < 1.29 is 37.5 Å². The van der Waals surface area contributed by atoms with E-state index >= 15 is 0 Å². The van der Waals surface area contributed by atoms with Crippen LogP contribution in [0.2, 0.25) is 0 Å². The molecule has 0 radical (unpaired) electrons. The van der Waals surface area contributed by atoms with Gasteiger partial charge in [0.15, 0.2) is 0 Å². The van der Waals surface area contributed by atoms with Crippen LogP contribution in [0.1, 0.15) is 65.2 Å². The molecule has 0 bridgehead atoms. The Morgan fingerprint density at radius 1 is 1.06 bits per heavy atom. The number of thiophene rings is 1. The number of hydrogen-bond donors (Lipinski definition) is 4. The maximum Gasteiger partial charge on any atom is 0.399 e. The summed E-state index contributed by atoms with van der Waals surface area (Å²) in [4.78, 5) is 77.3. The topological polar surface area (TPSA) is 184 Å². The molecule has 12 nitrogen and oxygen atoms in total. The number of aromatic nitrogens is 1. The van der Waals surface area contributed by atoms with Gasteiger partial charge in [-0.3, -0.25) is 23.7 Å².